The molecular formula is C54H45Cl2O12P3Ru. The topological polar surface area (TPSA) is 134 Å². The van der Waals surface area contributed by atoms with E-state index in [-0.39, 0.29) is 15.1 Å². The van der Waals surface area contributed by atoms with Gasteiger partial charge in [0.1, 0.15) is 51.7 Å². The van der Waals surface area contributed by atoms with Crippen molar-refractivity contribution in [2.45, 2.75) is 0 Å². The summed E-state index contributed by atoms with van der Waals surface area (Å²) in [5, 5.41) is 0. The summed E-state index contributed by atoms with van der Waals surface area (Å²) in [4.78, 5) is 0. The monoisotopic (exact) mass is 1150 g/mol. The van der Waals surface area contributed by atoms with E-state index in [0.29, 0.717) is 51.7 Å². The zero-order valence-corrected chi connectivity index (χ0v) is 43.8. The molecule has 0 spiro atoms. The van der Waals surface area contributed by atoms with Crippen LogP contribution in [0, 0.1) is 0 Å². The van der Waals surface area contributed by atoms with Crippen molar-refractivity contribution < 1.29 is 69.6 Å². The molecule has 0 N–H and O–H groups in total. The molecular weight excluding hydrogens is 1110 g/mol. The van der Waals surface area contributed by atoms with Crippen molar-refractivity contribution >= 4 is 42.9 Å². The molecule has 0 saturated heterocycles. The Morgan fingerprint density at radius 1 is 0.208 bits per heavy atom. The van der Waals surface area contributed by atoms with Crippen molar-refractivity contribution in [2.75, 3.05) is 0 Å². The van der Waals surface area contributed by atoms with Gasteiger partial charge in [-0.3, -0.25) is 0 Å². The number of rotatable bonds is 18. The third kappa shape index (κ3) is 20.1. The van der Waals surface area contributed by atoms with Gasteiger partial charge in [-0.1, -0.05) is 164 Å². The summed E-state index contributed by atoms with van der Waals surface area (Å²) in [6.07, 6.45) is 0. The molecule has 0 amide bonds. The quantitative estimate of drug-likeness (QED) is 0.0598. The summed E-state index contributed by atoms with van der Waals surface area (Å²) in [6.45, 7) is 0. The molecule has 0 heterocycles. The van der Waals surface area contributed by atoms with Gasteiger partial charge in [-0.15, -0.1) is 0 Å². The molecule has 0 unspecified atom stereocenters. The molecule has 9 aromatic carbocycles. The molecule has 0 aromatic heterocycles. The first kappa shape index (κ1) is 54.4. The van der Waals surface area contributed by atoms with Gasteiger partial charge in [0.05, 0.1) is 0 Å². The van der Waals surface area contributed by atoms with Crippen molar-refractivity contribution in [3.8, 4) is 51.7 Å². The minimum atomic E-state index is -3.89. The van der Waals surface area contributed by atoms with Crippen LogP contribution in [0.1, 0.15) is 0 Å². The van der Waals surface area contributed by atoms with Crippen LogP contribution in [0.3, 0.4) is 0 Å². The third-order valence-corrected chi connectivity index (χ3v) is 12.6. The van der Waals surface area contributed by atoms with Gasteiger partial charge in [-0.25, -0.2) is 0 Å². The summed E-state index contributed by atoms with van der Waals surface area (Å²) in [6, 6.07) is 79.1. The first-order chi connectivity index (χ1) is 35.1. The maximum atomic E-state index is 13.1. The van der Waals surface area contributed by atoms with Crippen LogP contribution < -0.4 is 40.7 Å². The van der Waals surface area contributed by atoms with Gasteiger partial charge in [0.15, 0.2) is 0 Å². The first-order valence-electron chi connectivity index (χ1n) is 21.5. The second-order valence-corrected chi connectivity index (χ2v) is 21.0. The Hall–Kier alpha value is -6.93. The summed E-state index contributed by atoms with van der Waals surface area (Å²) in [5.41, 5.74) is 0. The number of para-hydroxylation sites is 9. The van der Waals surface area contributed by atoms with E-state index >= 15 is 0 Å². The van der Waals surface area contributed by atoms with E-state index in [9.17, 15) is 13.7 Å². The summed E-state index contributed by atoms with van der Waals surface area (Å²) in [5.74, 6) is 3.65. The van der Waals surface area contributed by atoms with E-state index in [1.807, 2.05) is 54.6 Å². The van der Waals surface area contributed by atoms with E-state index in [0.717, 1.165) is 0 Å². The normalized spacial score (nSPS) is 10.6. The molecule has 0 saturated carbocycles. The van der Waals surface area contributed by atoms with Crippen LogP contribution in [0.25, 0.3) is 0 Å². The van der Waals surface area contributed by atoms with Crippen molar-refractivity contribution in [2.24, 2.45) is 0 Å². The van der Waals surface area contributed by atoms with Crippen molar-refractivity contribution in [3.05, 3.63) is 273 Å². The number of hydrogen-bond donors (Lipinski definition) is 0. The second kappa shape index (κ2) is 29.4. The molecule has 0 fully saturated rings. The first-order valence-corrected chi connectivity index (χ1v) is 30.3. The Labute approximate surface area is 434 Å². The molecule has 0 aliphatic rings. The Morgan fingerprint density at radius 3 is 0.375 bits per heavy atom. The fourth-order valence-electron chi connectivity index (χ4n) is 5.66. The number of hydrogen-bond acceptors (Lipinski definition) is 12. The van der Waals surface area contributed by atoms with Crippen LogP contribution in [0.2, 0.25) is 0 Å². The Morgan fingerprint density at radius 2 is 0.292 bits per heavy atom. The van der Waals surface area contributed by atoms with Crippen LogP contribution >= 0.6 is 42.9 Å². The SMILES string of the molecule is O=P(Oc1ccccc1)(Oc1ccccc1)Oc1ccccc1.O=P(Oc1ccccc1)(Oc1ccccc1)Oc1ccccc1.O=P(Oc1ccccc1)(Oc1ccccc1)Oc1ccccc1.[Cl][Ru][Cl]. The van der Waals surface area contributed by atoms with Crippen LogP contribution in [-0.4, -0.2) is 0 Å². The number of halogens is 2. The molecule has 72 heavy (non-hydrogen) atoms. The van der Waals surface area contributed by atoms with Gasteiger partial charge in [0.2, 0.25) is 0 Å². The van der Waals surface area contributed by atoms with Crippen LogP contribution in [0.15, 0.2) is 273 Å². The zero-order chi connectivity index (χ0) is 50.6. The van der Waals surface area contributed by atoms with E-state index in [4.69, 9.17) is 60.1 Å². The number of phosphoric acid groups is 3. The predicted molar refractivity (Wildman–Crippen MR) is 278 cm³/mol. The van der Waals surface area contributed by atoms with Crippen molar-refractivity contribution in [3.63, 3.8) is 0 Å². The predicted octanol–water partition coefficient (Wildman–Crippen LogP) is 17.4. The van der Waals surface area contributed by atoms with E-state index in [2.05, 4.69) is 0 Å². The Bertz CT molecular complexity index is 2370. The third-order valence-electron chi connectivity index (χ3n) is 8.64. The summed E-state index contributed by atoms with van der Waals surface area (Å²) >= 11 is -0.346. The molecule has 0 atom stereocenters. The van der Waals surface area contributed by atoms with Gasteiger partial charge >= 0.3 is 58.0 Å². The molecule has 18 heteroatoms. The van der Waals surface area contributed by atoms with E-state index in [1.54, 1.807) is 218 Å². The van der Waals surface area contributed by atoms with Crippen LogP contribution in [0.5, 0.6) is 51.7 Å². The van der Waals surface area contributed by atoms with E-state index < -0.39 is 23.5 Å². The zero-order valence-electron chi connectivity index (χ0n) is 37.8. The standard InChI is InChI=1S/3C18H15O4P.2ClH.Ru/c3*19-23(20-16-10-4-1-5-11-16,21-17-12-6-2-7-13-17)22-18-14-8-3-9-15-18;;;/h3*1-15H;2*1H;/q;;;;;+2/p-2. The molecule has 0 aliphatic carbocycles. The van der Waals surface area contributed by atoms with Gasteiger partial charge in [-0.05, 0) is 109 Å². The number of phosphoric ester groups is 3. The molecule has 0 bridgehead atoms. The maximum absolute atomic E-state index is 13.1. The number of benzene rings is 9. The molecule has 0 aliphatic heterocycles. The van der Waals surface area contributed by atoms with Crippen LogP contribution in [0.4, 0.5) is 0 Å². The molecule has 0 radical (unpaired) electrons. The Balaban J connectivity index is 0.000000172. The average Bonchev–Trinajstić information content (AvgIpc) is 3.39. The second-order valence-electron chi connectivity index (χ2n) is 14.0. The minimum absolute atomic E-state index is 0.346. The van der Waals surface area contributed by atoms with Gasteiger partial charge in [-0.2, -0.15) is 13.7 Å². The average molecular weight is 1150 g/mol. The molecule has 9 aromatic rings. The fourth-order valence-corrected chi connectivity index (χ4v) is 9.42. The molecule has 12 nitrogen and oxygen atoms in total. The summed E-state index contributed by atoms with van der Waals surface area (Å²) in [7, 11) is -1.95. The van der Waals surface area contributed by atoms with Crippen molar-refractivity contribution in [1.82, 2.24) is 0 Å². The molecule has 9 rings (SSSR count). The van der Waals surface area contributed by atoms with E-state index in [1.165, 1.54) is 0 Å². The van der Waals surface area contributed by atoms with Gasteiger partial charge < -0.3 is 40.7 Å². The van der Waals surface area contributed by atoms with Crippen LogP contribution in [-0.2, 0) is 28.8 Å². The van der Waals surface area contributed by atoms with Gasteiger partial charge in [0, 0.05) is 0 Å². The fraction of sp³-hybridized carbons (Fsp3) is 0. The summed E-state index contributed by atoms with van der Waals surface area (Å²) < 4.78 is 88.9. The van der Waals surface area contributed by atoms with Crippen molar-refractivity contribution in [1.29, 1.82) is 0 Å². The molecule has 370 valence electrons. The Kier molecular flexibility index (Phi) is 22.2. The van der Waals surface area contributed by atoms with Gasteiger partial charge in [0.25, 0.3) is 0 Å².